The number of rotatable bonds is 1. The normalized spacial score (nSPS) is 11.8. The quantitative estimate of drug-likeness (QED) is 0.457. The third-order valence-corrected chi connectivity index (χ3v) is 4.08. The summed E-state index contributed by atoms with van der Waals surface area (Å²) in [7, 11) is 0. The maximum Gasteiger partial charge on any atom is 0.100 e. The van der Waals surface area contributed by atoms with Crippen LogP contribution in [0.25, 0.3) is 38.4 Å². The first kappa shape index (κ1) is 10.8. The molecule has 0 saturated carbocycles. The van der Waals surface area contributed by atoms with Gasteiger partial charge in [-0.25, -0.2) is 4.98 Å². The topological polar surface area (TPSA) is 30.7 Å². The fraction of sp³-hybridized carbons (Fsp3) is 0. The lowest BCUT2D eigenvalue weighted by molar-refractivity contribution is 1.05. The Balaban J connectivity index is 2.02. The largest absolute Gasteiger partial charge is 0.300 e. The van der Waals surface area contributed by atoms with Crippen LogP contribution in [0.5, 0.6) is 0 Å². The van der Waals surface area contributed by atoms with Crippen LogP contribution in [0.15, 0.2) is 67.1 Å². The summed E-state index contributed by atoms with van der Waals surface area (Å²) >= 11 is 0. The Morgan fingerprint density at radius 1 is 0.714 bits per heavy atom. The van der Waals surface area contributed by atoms with Gasteiger partial charge in [-0.05, 0) is 30.3 Å². The Labute approximate surface area is 120 Å². The first-order valence-corrected chi connectivity index (χ1v) is 6.94. The first-order chi connectivity index (χ1) is 10.4. The number of nitrogens with zero attached hydrogens (tertiary/aromatic N) is 3. The Morgan fingerprint density at radius 2 is 1.52 bits per heavy atom. The molecule has 0 aliphatic heterocycles. The number of hydrogen-bond donors (Lipinski definition) is 0. The fourth-order valence-corrected chi connectivity index (χ4v) is 3.11. The molecule has 2 aromatic heterocycles. The fourth-order valence-electron chi connectivity index (χ4n) is 3.11. The molecule has 0 spiro atoms. The van der Waals surface area contributed by atoms with Crippen molar-refractivity contribution in [3.05, 3.63) is 67.1 Å². The average Bonchev–Trinajstić information content (AvgIpc) is 2.98. The summed E-state index contributed by atoms with van der Waals surface area (Å²) in [5, 5.41) is 3.58. The molecule has 0 unspecified atom stereocenters. The van der Waals surface area contributed by atoms with Gasteiger partial charge < -0.3 is 4.57 Å². The highest BCUT2D eigenvalue weighted by atomic mass is 15.0. The SMILES string of the molecule is c1ccc(-n2cnc3ccc4cnc5ccc2c3c45)cc1. The van der Waals surface area contributed by atoms with Crippen LogP contribution in [0, 0.1) is 0 Å². The third-order valence-electron chi connectivity index (χ3n) is 4.08. The van der Waals surface area contributed by atoms with Gasteiger partial charge in [-0.3, -0.25) is 4.98 Å². The maximum absolute atomic E-state index is 4.62. The first-order valence-electron chi connectivity index (χ1n) is 6.94. The highest BCUT2D eigenvalue weighted by Crippen LogP contribution is 2.33. The number of benzene rings is 3. The Hall–Kier alpha value is -2.94. The van der Waals surface area contributed by atoms with E-state index in [9.17, 15) is 0 Å². The van der Waals surface area contributed by atoms with Gasteiger partial charge >= 0.3 is 0 Å². The monoisotopic (exact) mass is 269 g/mol. The zero-order chi connectivity index (χ0) is 13.8. The van der Waals surface area contributed by atoms with Crippen molar-refractivity contribution in [3.63, 3.8) is 0 Å². The van der Waals surface area contributed by atoms with Gasteiger partial charge in [-0.2, -0.15) is 0 Å². The molecule has 0 amide bonds. The van der Waals surface area contributed by atoms with Gasteiger partial charge in [0.05, 0.1) is 16.6 Å². The molecule has 0 bridgehead atoms. The Kier molecular flexibility index (Phi) is 1.95. The second-order valence-corrected chi connectivity index (χ2v) is 5.24. The molecule has 21 heavy (non-hydrogen) atoms. The van der Waals surface area contributed by atoms with Crippen LogP contribution in [0.2, 0.25) is 0 Å². The van der Waals surface area contributed by atoms with Crippen LogP contribution in [0.1, 0.15) is 0 Å². The molecule has 2 heterocycles. The Bertz CT molecular complexity index is 1060. The van der Waals surface area contributed by atoms with Gasteiger partial charge in [0.25, 0.3) is 0 Å². The molecule has 98 valence electrons. The van der Waals surface area contributed by atoms with Gasteiger partial charge in [0.1, 0.15) is 6.33 Å². The number of hydrogen-bond acceptors (Lipinski definition) is 2. The van der Waals surface area contributed by atoms with Crippen LogP contribution < -0.4 is 0 Å². The molecule has 3 heteroatoms. The van der Waals surface area contributed by atoms with Gasteiger partial charge in [-0.15, -0.1) is 0 Å². The lowest BCUT2D eigenvalue weighted by Crippen LogP contribution is -1.99. The molecule has 0 N–H and O–H groups in total. The molecule has 0 fully saturated rings. The molecule has 0 atom stereocenters. The van der Waals surface area contributed by atoms with E-state index in [4.69, 9.17) is 0 Å². The summed E-state index contributed by atoms with van der Waals surface area (Å²) < 4.78 is 2.13. The minimum atomic E-state index is 1.02. The van der Waals surface area contributed by atoms with E-state index in [1.165, 1.54) is 16.2 Å². The number of para-hydroxylation sites is 1. The van der Waals surface area contributed by atoms with Crippen molar-refractivity contribution in [2.45, 2.75) is 0 Å². The minimum absolute atomic E-state index is 1.02. The average molecular weight is 269 g/mol. The van der Waals surface area contributed by atoms with Crippen LogP contribution in [-0.4, -0.2) is 14.5 Å². The molecule has 0 radical (unpaired) electrons. The molecule has 3 nitrogen and oxygen atoms in total. The highest BCUT2D eigenvalue weighted by molar-refractivity contribution is 6.21. The lowest BCUT2D eigenvalue weighted by Gasteiger charge is -2.13. The molecule has 5 rings (SSSR count). The minimum Gasteiger partial charge on any atom is -0.300 e. The molecular formula is C18H11N3. The van der Waals surface area contributed by atoms with Crippen molar-refractivity contribution < 1.29 is 0 Å². The maximum atomic E-state index is 4.62. The van der Waals surface area contributed by atoms with Crippen LogP contribution in [0.4, 0.5) is 0 Å². The van der Waals surface area contributed by atoms with E-state index in [1.54, 1.807) is 0 Å². The summed E-state index contributed by atoms with van der Waals surface area (Å²) in [5.41, 5.74) is 4.34. The standard InChI is InChI=1S/C18H11N3/c1-2-4-13(5-3-1)21-11-20-15-7-6-12-10-19-14-8-9-16(21)18(15)17(12)14/h1-11H. The summed E-state index contributed by atoms with van der Waals surface area (Å²) in [6, 6.07) is 18.7. The van der Waals surface area contributed by atoms with E-state index in [0.717, 1.165) is 22.2 Å². The summed E-state index contributed by atoms with van der Waals surface area (Å²) in [6.07, 6.45) is 3.83. The van der Waals surface area contributed by atoms with Gasteiger partial charge in [0.2, 0.25) is 0 Å². The van der Waals surface area contributed by atoms with Crippen molar-refractivity contribution in [2.75, 3.05) is 0 Å². The van der Waals surface area contributed by atoms with Crippen LogP contribution in [-0.2, 0) is 0 Å². The number of aromatic nitrogens is 3. The van der Waals surface area contributed by atoms with Crippen molar-refractivity contribution in [1.29, 1.82) is 0 Å². The lowest BCUT2D eigenvalue weighted by atomic mass is 10.0. The predicted octanol–water partition coefficient (Wildman–Crippen LogP) is 4.16. The second kappa shape index (κ2) is 3.79. The van der Waals surface area contributed by atoms with Crippen LogP contribution >= 0.6 is 0 Å². The highest BCUT2D eigenvalue weighted by Gasteiger charge is 2.12. The van der Waals surface area contributed by atoms with Crippen molar-refractivity contribution >= 4 is 32.7 Å². The van der Waals surface area contributed by atoms with E-state index in [0.29, 0.717) is 0 Å². The zero-order valence-corrected chi connectivity index (χ0v) is 11.2. The van der Waals surface area contributed by atoms with E-state index in [2.05, 4.69) is 50.9 Å². The molecule has 0 aliphatic carbocycles. The van der Waals surface area contributed by atoms with E-state index in [1.807, 2.05) is 30.7 Å². The van der Waals surface area contributed by atoms with Crippen molar-refractivity contribution in [2.24, 2.45) is 0 Å². The zero-order valence-electron chi connectivity index (χ0n) is 11.2. The van der Waals surface area contributed by atoms with Crippen molar-refractivity contribution in [3.8, 4) is 5.69 Å². The predicted molar refractivity (Wildman–Crippen MR) is 85.1 cm³/mol. The van der Waals surface area contributed by atoms with Crippen molar-refractivity contribution in [1.82, 2.24) is 14.5 Å². The van der Waals surface area contributed by atoms with Gasteiger partial charge in [0.15, 0.2) is 0 Å². The smallest absolute Gasteiger partial charge is 0.100 e. The molecule has 0 aliphatic rings. The van der Waals surface area contributed by atoms with E-state index in [-0.39, 0.29) is 0 Å². The molecule has 5 aromatic rings. The summed E-state index contributed by atoms with van der Waals surface area (Å²) in [6.45, 7) is 0. The molecular weight excluding hydrogens is 258 g/mol. The second-order valence-electron chi connectivity index (χ2n) is 5.24. The molecule has 3 aromatic carbocycles. The van der Waals surface area contributed by atoms with Gasteiger partial charge in [0, 0.05) is 28.0 Å². The third kappa shape index (κ3) is 1.37. The van der Waals surface area contributed by atoms with Crippen LogP contribution in [0.3, 0.4) is 0 Å². The van der Waals surface area contributed by atoms with E-state index >= 15 is 0 Å². The molecule has 0 saturated heterocycles. The van der Waals surface area contributed by atoms with E-state index < -0.39 is 0 Å². The summed E-state index contributed by atoms with van der Waals surface area (Å²) in [5.74, 6) is 0. The Morgan fingerprint density at radius 3 is 2.43 bits per heavy atom. The summed E-state index contributed by atoms with van der Waals surface area (Å²) in [4.78, 5) is 9.11. The van der Waals surface area contributed by atoms with Gasteiger partial charge in [-0.1, -0.05) is 24.3 Å².